The summed E-state index contributed by atoms with van der Waals surface area (Å²) < 4.78 is 0. The third kappa shape index (κ3) is 3.03. The summed E-state index contributed by atoms with van der Waals surface area (Å²) in [5.41, 5.74) is -0.685. The van der Waals surface area contributed by atoms with Crippen molar-refractivity contribution >= 4 is 11.8 Å². The van der Waals surface area contributed by atoms with Crippen molar-refractivity contribution in [3.05, 3.63) is 44.4 Å². The fourth-order valence-electron chi connectivity index (χ4n) is 1.01. The van der Waals surface area contributed by atoms with E-state index in [-0.39, 0.29) is 6.61 Å². The second-order valence-corrected chi connectivity index (χ2v) is 2.82. The number of pyridine rings is 1. The van der Waals surface area contributed by atoms with Gasteiger partial charge in [-0.1, -0.05) is 12.2 Å². The number of aromatic nitrogens is 1. The standard InChI is InChI=1S/C9H10N2O4/c12-4-2-1-3-7-5-8(11(14)15)9(13)10-6-7/h1,3,5-6,12H,2,4H2,(H,10,13). The minimum Gasteiger partial charge on any atom is -0.396 e. The monoisotopic (exact) mass is 210 g/mol. The highest BCUT2D eigenvalue weighted by atomic mass is 16.6. The molecular formula is C9H10N2O4. The lowest BCUT2D eigenvalue weighted by Crippen LogP contribution is -2.10. The van der Waals surface area contributed by atoms with Gasteiger partial charge in [-0.2, -0.15) is 0 Å². The summed E-state index contributed by atoms with van der Waals surface area (Å²) in [6.07, 6.45) is 5.10. The van der Waals surface area contributed by atoms with E-state index < -0.39 is 16.2 Å². The van der Waals surface area contributed by atoms with Gasteiger partial charge in [0.2, 0.25) is 0 Å². The molecule has 2 N–H and O–H groups in total. The van der Waals surface area contributed by atoms with Gasteiger partial charge >= 0.3 is 11.2 Å². The second kappa shape index (κ2) is 5.06. The molecule has 1 aromatic rings. The number of rotatable bonds is 4. The number of aromatic amines is 1. The first kappa shape index (κ1) is 11.1. The number of nitrogens with zero attached hydrogens (tertiary/aromatic N) is 1. The molecule has 1 aromatic heterocycles. The van der Waals surface area contributed by atoms with Crippen molar-refractivity contribution < 1.29 is 10.0 Å². The SMILES string of the molecule is O=c1[nH]cc(C=CCCO)cc1[N+](=O)[O-]. The van der Waals surface area contributed by atoms with E-state index in [9.17, 15) is 14.9 Å². The first-order chi connectivity index (χ1) is 7.15. The average Bonchev–Trinajstić information content (AvgIpc) is 2.20. The van der Waals surface area contributed by atoms with Gasteiger partial charge in [-0.05, 0) is 12.0 Å². The highest BCUT2D eigenvalue weighted by molar-refractivity contribution is 5.51. The molecule has 0 unspecified atom stereocenters. The smallest absolute Gasteiger partial charge is 0.334 e. The Bertz CT molecular complexity index is 436. The Hall–Kier alpha value is -1.95. The zero-order valence-corrected chi connectivity index (χ0v) is 7.84. The Balaban J connectivity index is 2.98. The van der Waals surface area contributed by atoms with Crippen LogP contribution in [0.2, 0.25) is 0 Å². The molecule has 0 atom stereocenters. The van der Waals surface area contributed by atoms with E-state index in [0.29, 0.717) is 12.0 Å². The Morgan fingerprint density at radius 3 is 2.93 bits per heavy atom. The summed E-state index contributed by atoms with van der Waals surface area (Å²) in [6.45, 7) is 0.0158. The molecule has 1 heterocycles. The number of nitrogens with one attached hydrogen (secondary N) is 1. The molecule has 0 saturated carbocycles. The van der Waals surface area contributed by atoms with Gasteiger partial charge in [0.1, 0.15) is 0 Å². The molecule has 15 heavy (non-hydrogen) atoms. The van der Waals surface area contributed by atoms with Gasteiger partial charge in [0.15, 0.2) is 0 Å². The first-order valence-electron chi connectivity index (χ1n) is 4.29. The van der Waals surface area contributed by atoms with Crippen LogP contribution in [0.3, 0.4) is 0 Å². The molecule has 0 aliphatic rings. The third-order valence-corrected chi connectivity index (χ3v) is 1.71. The minimum atomic E-state index is -0.734. The number of H-pyrrole nitrogens is 1. The van der Waals surface area contributed by atoms with Crippen LogP contribution in [0.4, 0.5) is 5.69 Å². The molecule has 0 radical (unpaired) electrons. The van der Waals surface area contributed by atoms with Gasteiger partial charge in [-0.25, -0.2) is 0 Å². The van der Waals surface area contributed by atoms with E-state index in [4.69, 9.17) is 5.11 Å². The van der Waals surface area contributed by atoms with Gasteiger partial charge in [0, 0.05) is 18.9 Å². The lowest BCUT2D eigenvalue weighted by Gasteiger charge is -1.93. The van der Waals surface area contributed by atoms with E-state index in [2.05, 4.69) is 4.98 Å². The predicted molar refractivity (Wildman–Crippen MR) is 54.5 cm³/mol. The number of nitro groups is 1. The highest BCUT2D eigenvalue weighted by Gasteiger charge is 2.11. The van der Waals surface area contributed by atoms with Crippen LogP contribution in [0.1, 0.15) is 12.0 Å². The molecular weight excluding hydrogens is 200 g/mol. The Morgan fingerprint density at radius 2 is 2.33 bits per heavy atom. The molecule has 0 aliphatic carbocycles. The summed E-state index contributed by atoms with van der Waals surface area (Å²) >= 11 is 0. The number of hydrogen-bond acceptors (Lipinski definition) is 4. The molecule has 1 rings (SSSR count). The second-order valence-electron chi connectivity index (χ2n) is 2.82. The Kier molecular flexibility index (Phi) is 3.75. The topological polar surface area (TPSA) is 96.2 Å². The molecule has 6 heteroatoms. The average molecular weight is 210 g/mol. The van der Waals surface area contributed by atoms with E-state index >= 15 is 0 Å². The van der Waals surface area contributed by atoms with Crippen LogP contribution in [-0.4, -0.2) is 21.6 Å². The summed E-state index contributed by atoms with van der Waals surface area (Å²) in [6, 6.07) is 1.19. The molecule has 0 saturated heterocycles. The summed E-state index contributed by atoms with van der Waals surface area (Å²) in [5, 5.41) is 18.9. The summed E-state index contributed by atoms with van der Waals surface area (Å²) in [5.74, 6) is 0. The first-order valence-corrected chi connectivity index (χ1v) is 4.29. The van der Waals surface area contributed by atoms with Crippen LogP contribution in [0.5, 0.6) is 0 Å². The highest BCUT2D eigenvalue weighted by Crippen LogP contribution is 2.07. The molecule has 0 amide bonds. The van der Waals surface area contributed by atoms with Crippen LogP contribution in [0, 0.1) is 10.1 Å². The molecule has 0 aromatic carbocycles. The lowest BCUT2D eigenvalue weighted by molar-refractivity contribution is -0.386. The molecule has 0 aliphatic heterocycles. The van der Waals surface area contributed by atoms with Crippen LogP contribution >= 0.6 is 0 Å². The Labute approximate surface area is 85.0 Å². The zero-order chi connectivity index (χ0) is 11.3. The minimum absolute atomic E-state index is 0.0158. The maximum atomic E-state index is 11.0. The maximum absolute atomic E-state index is 11.0. The lowest BCUT2D eigenvalue weighted by atomic mass is 10.2. The quantitative estimate of drug-likeness (QED) is 0.564. The number of aliphatic hydroxyl groups is 1. The number of hydrogen-bond donors (Lipinski definition) is 2. The van der Waals surface area contributed by atoms with Crippen LogP contribution in [0.15, 0.2) is 23.1 Å². The largest absolute Gasteiger partial charge is 0.396 e. The maximum Gasteiger partial charge on any atom is 0.334 e. The fraction of sp³-hybridized carbons (Fsp3) is 0.222. The van der Waals surface area contributed by atoms with Crippen molar-refractivity contribution in [3.63, 3.8) is 0 Å². The Morgan fingerprint density at radius 1 is 1.60 bits per heavy atom. The van der Waals surface area contributed by atoms with Crippen molar-refractivity contribution in [1.29, 1.82) is 0 Å². The molecule has 0 spiro atoms. The van der Waals surface area contributed by atoms with Gasteiger partial charge in [-0.15, -0.1) is 0 Å². The van der Waals surface area contributed by atoms with E-state index in [0.717, 1.165) is 0 Å². The summed E-state index contributed by atoms with van der Waals surface area (Å²) in [4.78, 5) is 22.9. The van der Waals surface area contributed by atoms with Gasteiger partial charge < -0.3 is 10.1 Å². The van der Waals surface area contributed by atoms with Crippen molar-refractivity contribution in [2.45, 2.75) is 6.42 Å². The molecule has 6 nitrogen and oxygen atoms in total. The van der Waals surface area contributed by atoms with Crippen molar-refractivity contribution in [2.75, 3.05) is 6.61 Å². The normalized spacial score (nSPS) is 10.7. The van der Waals surface area contributed by atoms with Gasteiger partial charge in [-0.3, -0.25) is 14.9 Å². The number of aliphatic hydroxyl groups excluding tert-OH is 1. The fourth-order valence-corrected chi connectivity index (χ4v) is 1.01. The predicted octanol–water partition coefficient (Wildman–Crippen LogP) is 0.679. The van der Waals surface area contributed by atoms with E-state index in [1.165, 1.54) is 12.3 Å². The van der Waals surface area contributed by atoms with Gasteiger partial charge in [0.25, 0.3) is 0 Å². The van der Waals surface area contributed by atoms with Crippen LogP contribution in [0.25, 0.3) is 6.08 Å². The van der Waals surface area contributed by atoms with Crippen molar-refractivity contribution in [1.82, 2.24) is 4.98 Å². The molecule has 80 valence electrons. The molecule has 0 fully saturated rings. The zero-order valence-electron chi connectivity index (χ0n) is 7.84. The van der Waals surface area contributed by atoms with Crippen LogP contribution in [-0.2, 0) is 0 Å². The van der Waals surface area contributed by atoms with E-state index in [1.807, 2.05) is 0 Å². The van der Waals surface area contributed by atoms with Crippen molar-refractivity contribution in [3.8, 4) is 0 Å². The van der Waals surface area contributed by atoms with E-state index in [1.54, 1.807) is 12.2 Å². The molecule has 0 bridgehead atoms. The van der Waals surface area contributed by atoms with Gasteiger partial charge in [0.05, 0.1) is 4.92 Å². The third-order valence-electron chi connectivity index (χ3n) is 1.71. The summed E-state index contributed by atoms with van der Waals surface area (Å²) in [7, 11) is 0. The van der Waals surface area contributed by atoms with Crippen molar-refractivity contribution in [2.24, 2.45) is 0 Å². The van der Waals surface area contributed by atoms with Crippen LogP contribution < -0.4 is 5.56 Å².